The Morgan fingerprint density at radius 1 is 0.907 bits per heavy atom. The number of hydrogen-bond donors (Lipinski definition) is 2. The van der Waals surface area contributed by atoms with Crippen molar-refractivity contribution in [1.82, 2.24) is 5.06 Å². The van der Waals surface area contributed by atoms with Crippen molar-refractivity contribution in [3.8, 4) is 11.5 Å². The molecule has 0 aromatic heterocycles. The molecule has 4 amide bonds. The fourth-order valence-corrected chi connectivity index (χ4v) is 8.15. The van der Waals surface area contributed by atoms with Crippen LogP contribution in [0.5, 0.6) is 11.5 Å². The number of imide groups is 2. The molecule has 3 aromatic rings. The van der Waals surface area contributed by atoms with Gasteiger partial charge in [-0.25, -0.2) is 4.90 Å². The van der Waals surface area contributed by atoms with Crippen molar-refractivity contribution in [2.24, 2.45) is 23.7 Å². The molecule has 0 radical (unpaired) electrons. The zero-order valence-corrected chi connectivity index (χ0v) is 23.8. The number of carbonyl (C=O) groups is 4. The van der Waals surface area contributed by atoms with E-state index in [2.05, 4.69) is 0 Å². The van der Waals surface area contributed by atoms with Crippen LogP contribution in [0.4, 0.5) is 5.69 Å². The topological polar surface area (TPSA) is 124 Å². The Balaban J connectivity index is 1.54. The molecule has 6 unspecified atom stereocenters. The van der Waals surface area contributed by atoms with Gasteiger partial charge in [0.05, 0.1) is 36.0 Å². The van der Waals surface area contributed by atoms with E-state index >= 15 is 4.79 Å². The van der Waals surface area contributed by atoms with E-state index in [1.165, 1.54) is 13.2 Å². The molecule has 7 rings (SSSR count). The van der Waals surface area contributed by atoms with Crippen molar-refractivity contribution in [2.45, 2.75) is 24.2 Å². The molecular formula is C33H27ClN2O7. The minimum atomic E-state index is -1.52. The number of carbonyl (C=O) groups excluding carboxylic acids is 4. The van der Waals surface area contributed by atoms with E-state index < -0.39 is 58.6 Å². The van der Waals surface area contributed by atoms with E-state index in [1.54, 1.807) is 60.7 Å². The van der Waals surface area contributed by atoms with Crippen molar-refractivity contribution >= 4 is 40.9 Å². The molecule has 0 spiro atoms. The van der Waals surface area contributed by atoms with Gasteiger partial charge in [0.15, 0.2) is 0 Å². The summed E-state index contributed by atoms with van der Waals surface area (Å²) in [5.74, 6) is -6.28. The summed E-state index contributed by atoms with van der Waals surface area (Å²) in [6.45, 7) is 0. The summed E-state index contributed by atoms with van der Waals surface area (Å²) < 4.78 is 5.51. The molecule has 2 aliphatic heterocycles. The summed E-state index contributed by atoms with van der Waals surface area (Å²) >= 11 is 6.30. The predicted octanol–water partition coefficient (Wildman–Crippen LogP) is 4.61. The Hall–Kier alpha value is -4.47. The lowest BCUT2D eigenvalue weighted by Gasteiger charge is -2.50. The minimum absolute atomic E-state index is 0.0810. The van der Waals surface area contributed by atoms with Gasteiger partial charge in [0, 0.05) is 16.5 Å². The Morgan fingerprint density at radius 3 is 2.40 bits per heavy atom. The van der Waals surface area contributed by atoms with Gasteiger partial charge in [0.25, 0.3) is 11.8 Å². The molecule has 2 N–H and O–H groups in total. The molecule has 3 aromatic carbocycles. The second-order valence-electron chi connectivity index (χ2n) is 11.5. The smallest absolute Gasteiger partial charge is 0.257 e. The lowest BCUT2D eigenvalue weighted by molar-refractivity contribution is -0.173. The number of aromatic hydroxyl groups is 1. The number of hydrogen-bond acceptors (Lipinski definition) is 7. The van der Waals surface area contributed by atoms with Gasteiger partial charge in [-0.05, 0) is 60.7 Å². The first-order valence-electron chi connectivity index (χ1n) is 14.0. The van der Waals surface area contributed by atoms with Gasteiger partial charge >= 0.3 is 0 Å². The Morgan fingerprint density at radius 2 is 1.67 bits per heavy atom. The number of ether oxygens (including phenoxy) is 1. The van der Waals surface area contributed by atoms with Crippen molar-refractivity contribution in [3.05, 3.63) is 101 Å². The number of allylic oxidation sites excluding steroid dienone is 2. The molecule has 2 aliphatic carbocycles. The van der Waals surface area contributed by atoms with Gasteiger partial charge in [-0.15, -0.1) is 0 Å². The lowest BCUT2D eigenvalue weighted by Crippen LogP contribution is -2.53. The number of amides is 4. The zero-order valence-electron chi connectivity index (χ0n) is 23.0. The molecular weight excluding hydrogens is 572 g/mol. The molecule has 2 heterocycles. The van der Waals surface area contributed by atoms with Crippen LogP contribution in [0.2, 0.25) is 5.02 Å². The van der Waals surface area contributed by atoms with Crippen LogP contribution in [0.25, 0.3) is 0 Å². The summed E-state index contributed by atoms with van der Waals surface area (Å²) in [5.41, 5.74) is 0.382. The summed E-state index contributed by atoms with van der Waals surface area (Å²) in [6, 6.07) is 20.2. The van der Waals surface area contributed by atoms with Crippen LogP contribution in [0.3, 0.4) is 0 Å². The average Bonchev–Trinajstić information content (AvgIpc) is 3.38. The second kappa shape index (κ2) is 9.79. The van der Waals surface area contributed by atoms with E-state index in [0.717, 1.165) is 4.90 Å². The molecule has 9 nitrogen and oxygen atoms in total. The van der Waals surface area contributed by atoms with Gasteiger partial charge < -0.3 is 9.84 Å². The van der Waals surface area contributed by atoms with Crippen molar-refractivity contribution in [1.29, 1.82) is 0 Å². The molecule has 43 heavy (non-hydrogen) atoms. The summed E-state index contributed by atoms with van der Waals surface area (Å²) in [7, 11) is 1.49. The summed E-state index contributed by atoms with van der Waals surface area (Å²) in [6.07, 6.45) is 2.09. The van der Waals surface area contributed by atoms with E-state index in [0.29, 0.717) is 33.2 Å². The van der Waals surface area contributed by atoms with E-state index in [4.69, 9.17) is 16.3 Å². The summed E-state index contributed by atoms with van der Waals surface area (Å²) in [4.78, 5) is 56.9. The van der Waals surface area contributed by atoms with Crippen LogP contribution in [0.1, 0.15) is 29.9 Å². The molecule has 1 saturated carbocycles. The third-order valence-electron chi connectivity index (χ3n) is 9.69. The number of fused-ring (bicyclic) bond motifs is 4. The van der Waals surface area contributed by atoms with Crippen molar-refractivity contribution < 1.29 is 34.2 Å². The van der Waals surface area contributed by atoms with E-state index in [-0.39, 0.29) is 23.7 Å². The number of anilines is 1. The molecule has 2 saturated heterocycles. The van der Waals surface area contributed by atoms with Crippen LogP contribution in [-0.4, -0.2) is 46.1 Å². The maximum Gasteiger partial charge on any atom is 0.257 e. The first-order valence-corrected chi connectivity index (χ1v) is 14.4. The van der Waals surface area contributed by atoms with Crippen LogP contribution >= 0.6 is 11.6 Å². The standard InChI is InChI=1S/C33H27ClN2O7/c1-43-20-10-13-26(37)24(15-20)28-21-11-12-22-27(31(40)36(42)29(22)38)23(21)16-25-30(39)35(19-9-5-8-18(34)14-19)32(41)33(25,28)17-6-3-2-4-7-17/h2-11,13-15,22-23,25,27-28,37,42H,12,16H2,1H3. The highest BCUT2D eigenvalue weighted by Gasteiger charge is 2.70. The second-order valence-corrected chi connectivity index (χ2v) is 11.9. The maximum atomic E-state index is 15.1. The number of rotatable bonds is 4. The Labute approximate surface area is 251 Å². The first kappa shape index (κ1) is 27.4. The monoisotopic (exact) mass is 598 g/mol. The van der Waals surface area contributed by atoms with Gasteiger partial charge in [-0.3, -0.25) is 24.4 Å². The largest absolute Gasteiger partial charge is 0.508 e. The lowest BCUT2D eigenvalue weighted by atomic mass is 9.49. The highest BCUT2D eigenvalue weighted by molar-refractivity contribution is 6.32. The molecule has 0 bridgehead atoms. The number of benzene rings is 3. The quantitative estimate of drug-likeness (QED) is 0.255. The van der Waals surface area contributed by atoms with Gasteiger partial charge in [-0.2, -0.15) is 5.06 Å². The predicted molar refractivity (Wildman–Crippen MR) is 154 cm³/mol. The molecule has 218 valence electrons. The van der Waals surface area contributed by atoms with Gasteiger partial charge in [0.1, 0.15) is 11.5 Å². The Kier molecular flexibility index (Phi) is 6.23. The van der Waals surface area contributed by atoms with Crippen LogP contribution in [0.15, 0.2) is 84.4 Å². The molecule has 10 heteroatoms. The van der Waals surface area contributed by atoms with E-state index in [1.807, 2.05) is 12.1 Å². The number of phenols is 1. The third-order valence-corrected chi connectivity index (χ3v) is 9.92. The van der Waals surface area contributed by atoms with Crippen molar-refractivity contribution in [2.75, 3.05) is 12.0 Å². The maximum absolute atomic E-state index is 15.1. The zero-order chi connectivity index (χ0) is 30.2. The number of phenolic OH excluding ortho intramolecular Hbond substituents is 1. The summed E-state index contributed by atoms with van der Waals surface area (Å²) in [5, 5.41) is 22.2. The number of nitrogens with zero attached hydrogens (tertiary/aromatic N) is 2. The number of hydroxylamine groups is 2. The van der Waals surface area contributed by atoms with E-state index in [9.17, 15) is 24.7 Å². The average molecular weight is 599 g/mol. The van der Waals surface area contributed by atoms with Gasteiger partial charge in [-0.1, -0.05) is 59.6 Å². The van der Waals surface area contributed by atoms with Crippen LogP contribution in [0, 0.1) is 23.7 Å². The van der Waals surface area contributed by atoms with Crippen LogP contribution in [-0.2, 0) is 24.6 Å². The van der Waals surface area contributed by atoms with Crippen LogP contribution < -0.4 is 9.64 Å². The highest BCUT2D eigenvalue weighted by Crippen LogP contribution is 2.65. The fraction of sp³-hybridized carbons (Fsp3) is 0.273. The molecule has 3 fully saturated rings. The third kappa shape index (κ3) is 3.68. The fourth-order valence-electron chi connectivity index (χ4n) is 7.96. The first-order chi connectivity index (χ1) is 20.7. The molecule has 6 atom stereocenters. The normalized spacial score (nSPS) is 29.7. The number of methoxy groups -OCH3 is 1. The van der Waals surface area contributed by atoms with Crippen molar-refractivity contribution in [3.63, 3.8) is 0 Å². The number of halogens is 1. The highest BCUT2D eigenvalue weighted by atomic mass is 35.5. The SMILES string of the molecule is COc1ccc(O)c(C2C3=CCC4C(=O)N(O)C(=O)C4C3CC3C(=O)N(c4cccc(Cl)c4)C(=O)C32c2ccccc2)c1. The molecule has 4 aliphatic rings. The minimum Gasteiger partial charge on any atom is -0.508 e. The van der Waals surface area contributed by atoms with Gasteiger partial charge in [0.2, 0.25) is 11.8 Å². The Bertz CT molecular complexity index is 1740.